The van der Waals surface area contributed by atoms with Gasteiger partial charge < -0.3 is 9.73 Å². The molecule has 4 nitrogen and oxygen atoms in total. The molecule has 21 heavy (non-hydrogen) atoms. The SMILES string of the molecule is N#Cc1ccc(C(=O)Nc2ccccc2-c2cccs2)o1. The van der Waals surface area contributed by atoms with Crippen LogP contribution in [0.1, 0.15) is 16.3 Å². The molecule has 2 heterocycles. The Bertz CT molecular complexity index is 813. The maximum atomic E-state index is 12.2. The second-order valence-electron chi connectivity index (χ2n) is 4.25. The first-order valence-corrected chi connectivity index (χ1v) is 7.10. The highest BCUT2D eigenvalue weighted by Crippen LogP contribution is 2.31. The molecule has 3 aromatic rings. The summed E-state index contributed by atoms with van der Waals surface area (Å²) in [6.45, 7) is 0. The Hall–Kier alpha value is -2.84. The molecule has 1 amide bonds. The average Bonchev–Trinajstić information content (AvgIpc) is 3.19. The summed E-state index contributed by atoms with van der Waals surface area (Å²) >= 11 is 1.60. The molecule has 2 aromatic heterocycles. The maximum Gasteiger partial charge on any atom is 0.291 e. The summed E-state index contributed by atoms with van der Waals surface area (Å²) in [6, 6.07) is 16.3. The van der Waals surface area contributed by atoms with Gasteiger partial charge in [-0.05, 0) is 29.6 Å². The Kier molecular flexibility index (Phi) is 3.54. The highest BCUT2D eigenvalue weighted by atomic mass is 32.1. The molecule has 0 fully saturated rings. The average molecular weight is 294 g/mol. The van der Waals surface area contributed by atoms with Gasteiger partial charge in [-0.1, -0.05) is 24.3 Å². The molecular formula is C16H10N2O2S. The van der Waals surface area contributed by atoms with Gasteiger partial charge in [0.1, 0.15) is 6.07 Å². The van der Waals surface area contributed by atoms with Crippen molar-refractivity contribution in [3.63, 3.8) is 0 Å². The van der Waals surface area contributed by atoms with Gasteiger partial charge in [0.15, 0.2) is 5.76 Å². The predicted molar refractivity (Wildman–Crippen MR) is 81.1 cm³/mol. The lowest BCUT2D eigenvalue weighted by Crippen LogP contribution is -2.11. The van der Waals surface area contributed by atoms with Gasteiger partial charge in [-0.25, -0.2) is 0 Å². The molecule has 0 radical (unpaired) electrons. The molecule has 1 N–H and O–H groups in total. The monoisotopic (exact) mass is 294 g/mol. The molecular weight excluding hydrogens is 284 g/mol. The normalized spacial score (nSPS) is 10.0. The number of thiophene rings is 1. The van der Waals surface area contributed by atoms with Crippen LogP contribution in [0.3, 0.4) is 0 Å². The largest absolute Gasteiger partial charge is 0.440 e. The van der Waals surface area contributed by atoms with Crippen LogP contribution in [0.5, 0.6) is 0 Å². The fraction of sp³-hybridized carbons (Fsp3) is 0. The molecule has 3 rings (SSSR count). The number of rotatable bonds is 3. The summed E-state index contributed by atoms with van der Waals surface area (Å²) in [4.78, 5) is 13.2. The molecule has 0 aliphatic rings. The Balaban J connectivity index is 1.89. The van der Waals surface area contributed by atoms with Crippen molar-refractivity contribution in [2.75, 3.05) is 5.32 Å². The third-order valence-corrected chi connectivity index (χ3v) is 3.81. The number of carbonyl (C=O) groups is 1. The molecule has 1 aromatic carbocycles. The summed E-state index contributed by atoms with van der Waals surface area (Å²) < 4.78 is 5.13. The number of anilines is 1. The zero-order valence-corrected chi connectivity index (χ0v) is 11.7. The van der Waals surface area contributed by atoms with Crippen molar-refractivity contribution >= 4 is 22.9 Å². The van der Waals surface area contributed by atoms with Crippen molar-refractivity contribution in [1.29, 1.82) is 5.26 Å². The molecule has 0 aliphatic carbocycles. The van der Waals surface area contributed by atoms with E-state index in [0.717, 1.165) is 10.4 Å². The maximum absolute atomic E-state index is 12.2. The lowest BCUT2D eigenvalue weighted by molar-refractivity contribution is 0.0996. The zero-order chi connectivity index (χ0) is 14.7. The van der Waals surface area contributed by atoms with Crippen molar-refractivity contribution in [3.05, 3.63) is 65.4 Å². The van der Waals surface area contributed by atoms with Crippen molar-refractivity contribution in [2.24, 2.45) is 0 Å². The highest BCUT2D eigenvalue weighted by Gasteiger charge is 2.14. The van der Waals surface area contributed by atoms with Crippen molar-refractivity contribution < 1.29 is 9.21 Å². The number of amides is 1. The number of hydrogen-bond donors (Lipinski definition) is 1. The minimum atomic E-state index is -0.375. The van der Waals surface area contributed by atoms with Crippen LogP contribution in [0.4, 0.5) is 5.69 Å². The van der Waals surface area contributed by atoms with Crippen molar-refractivity contribution in [3.8, 4) is 16.5 Å². The van der Waals surface area contributed by atoms with E-state index in [1.165, 1.54) is 12.1 Å². The lowest BCUT2D eigenvalue weighted by Gasteiger charge is -2.08. The van der Waals surface area contributed by atoms with Gasteiger partial charge in [0.05, 0.1) is 0 Å². The number of para-hydroxylation sites is 1. The van der Waals surface area contributed by atoms with Crippen LogP contribution >= 0.6 is 11.3 Å². The molecule has 0 saturated carbocycles. The second kappa shape index (κ2) is 5.65. The van der Waals surface area contributed by atoms with Crippen LogP contribution in [0, 0.1) is 11.3 Å². The van der Waals surface area contributed by atoms with Gasteiger partial charge >= 0.3 is 0 Å². The predicted octanol–water partition coefficient (Wildman–Crippen LogP) is 4.13. The van der Waals surface area contributed by atoms with Gasteiger partial charge in [0.25, 0.3) is 5.91 Å². The van der Waals surface area contributed by atoms with Crippen molar-refractivity contribution in [2.45, 2.75) is 0 Å². The number of nitriles is 1. The lowest BCUT2D eigenvalue weighted by atomic mass is 10.1. The van der Waals surface area contributed by atoms with E-state index in [2.05, 4.69) is 5.32 Å². The van der Waals surface area contributed by atoms with Crippen LogP contribution in [-0.4, -0.2) is 5.91 Å². The molecule has 0 spiro atoms. The van der Waals surface area contributed by atoms with E-state index in [9.17, 15) is 4.79 Å². The molecule has 0 atom stereocenters. The summed E-state index contributed by atoms with van der Waals surface area (Å²) in [7, 11) is 0. The van der Waals surface area contributed by atoms with Crippen molar-refractivity contribution in [1.82, 2.24) is 0 Å². The van der Waals surface area contributed by atoms with E-state index in [1.807, 2.05) is 47.8 Å². The van der Waals surface area contributed by atoms with E-state index < -0.39 is 0 Å². The smallest absolute Gasteiger partial charge is 0.291 e. The quantitative estimate of drug-likeness (QED) is 0.789. The van der Waals surface area contributed by atoms with E-state index in [1.54, 1.807) is 11.3 Å². The first-order valence-electron chi connectivity index (χ1n) is 6.22. The number of hydrogen-bond acceptors (Lipinski definition) is 4. The number of nitrogens with zero attached hydrogens (tertiary/aromatic N) is 1. The minimum Gasteiger partial charge on any atom is -0.440 e. The van der Waals surface area contributed by atoms with Crippen LogP contribution < -0.4 is 5.32 Å². The van der Waals surface area contributed by atoms with Gasteiger partial charge in [-0.2, -0.15) is 5.26 Å². The highest BCUT2D eigenvalue weighted by molar-refractivity contribution is 7.13. The molecule has 0 saturated heterocycles. The van der Waals surface area contributed by atoms with Crippen LogP contribution in [0.2, 0.25) is 0 Å². The van der Waals surface area contributed by atoms with Gasteiger partial charge in [-0.3, -0.25) is 4.79 Å². The van der Waals surface area contributed by atoms with E-state index in [4.69, 9.17) is 9.68 Å². The van der Waals surface area contributed by atoms with E-state index >= 15 is 0 Å². The molecule has 102 valence electrons. The summed E-state index contributed by atoms with van der Waals surface area (Å²) in [5, 5.41) is 13.5. The molecule has 5 heteroatoms. The Morgan fingerprint density at radius 1 is 1.14 bits per heavy atom. The van der Waals surface area contributed by atoms with Crippen LogP contribution in [0.25, 0.3) is 10.4 Å². The second-order valence-corrected chi connectivity index (χ2v) is 5.20. The van der Waals surface area contributed by atoms with Gasteiger partial charge in [0, 0.05) is 16.1 Å². The van der Waals surface area contributed by atoms with Gasteiger partial charge in [-0.15, -0.1) is 11.3 Å². The zero-order valence-electron chi connectivity index (χ0n) is 10.9. The first kappa shape index (κ1) is 13.2. The topological polar surface area (TPSA) is 66.0 Å². The number of furan rings is 1. The molecule has 0 bridgehead atoms. The summed E-state index contributed by atoms with van der Waals surface area (Å²) in [5.41, 5.74) is 1.66. The van der Waals surface area contributed by atoms with Crippen LogP contribution in [-0.2, 0) is 0 Å². The van der Waals surface area contributed by atoms with E-state index in [0.29, 0.717) is 5.69 Å². The fourth-order valence-corrected chi connectivity index (χ4v) is 2.71. The fourth-order valence-electron chi connectivity index (χ4n) is 1.94. The third kappa shape index (κ3) is 2.71. The molecule has 0 aliphatic heterocycles. The minimum absolute atomic E-state index is 0.117. The Morgan fingerprint density at radius 2 is 2.00 bits per heavy atom. The number of nitrogens with one attached hydrogen (secondary N) is 1. The third-order valence-electron chi connectivity index (χ3n) is 2.90. The standard InChI is InChI=1S/C16H10N2O2S/c17-10-11-7-8-14(20-11)16(19)18-13-5-2-1-4-12(13)15-6-3-9-21-15/h1-9H,(H,18,19). The Morgan fingerprint density at radius 3 is 2.71 bits per heavy atom. The number of carbonyl (C=O) groups excluding carboxylic acids is 1. The first-order chi connectivity index (χ1) is 10.3. The van der Waals surface area contributed by atoms with E-state index in [-0.39, 0.29) is 17.4 Å². The van der Waals surface area contributed by atoms with Crippen LogP contribution in [0.15, 0.2) is 58.3 Å². The summed E-state index contributed by atoms with van der Waals surface area (Å²) in [6.07, 6.45) is 0. The van der Waals surface area contributed by atoms with Gasteiger partial charge in [0.2, 0.25) is 5.76 Å². The number of benzene rings is 1. The Labute approximate surface area is 125 Å². The summed E-state index contributed by atoms with van der Waals surface area (Å²) in [5.74, 6) is -0.139. The molecule has 0 unspecified atom stereocenters.